The van der Waals surface area contributed by atoms with Gasteiger partial charge in [0, 0.05) is 38.9 Å². The molecule has 0 saturated heterocycles. The summed E-state index contributed by atoms with van der Waals surface area (Å²) >= 11 is 0. The van der Waals surface area contributed by atoms with Gasteiger partial charge in [0.25, 0.3) is 11.6 Å². The van der Waals surface area contributed by atoms with Gasteiger partial charge >= 0.3 is 0 Å². The second kappa shape index (κ2) is 13.2. The minimum atomic E-state index is -0.208. The second-order valence-corrected chi connectivity index (χ2v) is 3.14. The zero-order valence-electron chi connectivity index (χ0n) is 12.3. The standard InChI is InChI=1S/C9H9N3O2.C2H6N.CH3B.Y/c1-2-14-9-11-7-5-10-4-3-6(7)8(13)12-9;1-3-2;1-2;/h3-5H,2H2,1H3,(H,11,12,13);1-2H3;1H3;/q;-1;;. The first-order chi connectivity index (χ1) is 9.22. The van der Waals surface area contributed by atoms with E-state index in [1.54, 1.807) is 26.4 Å². The van der Waals surface area contributed by atoms with Gasteiger partial charge in [-0.2, -0.15) is 19.1 Å². The Balaban J connectivity index is 0. The Labute approximate surface area is 145 Å². The van der Waals surface area contributed by atoms with Crippen LogP contribution in [0.25, 0.3) is 16.2 Å². The SMILES string of the molecule is CCOc1nc2cnccc2c(=O)[nH]1.C[N-]C.[B]C.[Y]. The Bertz CT molecular complexity index is 536. The molecule has 2 heterocycles. The van der Waals surface area contributed by atoms with Crippen LogP contribution in [0.15, 0.2) is 23.3 Å². The van der Waals surface area contributed by atoms with E-state index < -0.39 is 0 Å². The summed E-state index contributed by atoms with van der Waals surface area (Å²) in [5.74, 6) is 0. The summed E-state index contributed by atoms with van der Waals surface area (Å²) in [4.78, 5) is 22.0. The van der Waals surface area contributed by atoms with Crippen LogP contribution in [0.2, 0.25) is 6.82 Å². The summed E-state index contributed by atoms with van der Waals surface area (Å²) < 4.78 is 5.10. The Morgan fingerprint density at radius 3 is 2.55 bits per heavy atom. The molecule has 2 aromatic rings. The van der Waals surface area contributed by atoms with Gasteiger partial charge in [0.1, 0.15) is 0 Å². The molecule has 3 radical (unpaired) electrons. The van der Waals surface area contributed by atoms with Gasteiger partial charge in [-0.1, -0.05) is 6.82 Å². The van der Waals surface area contributed by atoms with Gasteiger partial charge in [-0.05, 0) is 13.0 Å². The smallest absolute Gasteiger partial charge is 0.297 e. The number of aromatic nitrogens is 3. The van der Waals surface area contributed by atoms with E-state index >= 15 is 0 Å². The average molecular weight is 350 g/mol. The summed E-state index contributed by atoms with van der Waals surface area (Å²) in [6.45, 7) is 3.79. The minimum absolute atomic E-state index is 0. The molecular weight excluding hydrogens is 332 g/mol. The second-order valence-electron chi connectivity index (χ2n) is 3.14. The van der Waals surface area contributed by atoms with Crippen molar-refractivity contribution in [3.8, 4) is 6.01 Å². The number of nitrogens with one attached hydrogen (secondary N) is 1. The summed E-state index contributed by atoms with van der Waals surface area (Å²) in [6.07, 6.45) is 3.09. The zero-order valence-corrected chi connectivity index (χ0v) is 15.1. The van der Waals surface area contributed by atoms with E-state index in [2.05, 4.69) is 28.1 Å². The third kappa shape index (κ3) is 7.12. The molecule has 0 aliphatic carbocycles. The number of ether oxygens (including phenoxy) is 1. The topological polar surface area (TPSA) is 82.0 Å². The van der Waals surface area contributed by atoms with Crippen molar-refractivity contribution >= 4 is 18.7 Å². The largest absolute Gasteiger partial charge is 0.668 e. The maximum atomic E-state index is 11.5. The summed E-state index contributed by atoms with van der Waals surface area (Å²) in [5, 5.41) is 4.02. The molecule has 0 aromatic carbocycles. The number of H-pyrrole nitrogens is 1. The number of rotatable bonds is 2. The molecule has 0 fully saturated rings. The van der Waals surface area contributed by atoms with Crippen LogP contribution < -0.4 is 10.3 Å². The number of pyridine rings is 1. The van der Waals surface area contributed by atoms with E-state index in [4.69, 9.17) is 4.74 Å². The van der Waals surface area contributed by atoms with Crippen LogP contribution in [0.4, 0.5) is 0 Å². The fraction of sp³-hybridized carbons (Fsp3) is 0.417. The molecule has 2 aromatic heterocycles. The molecule has 0 atom stereocenters. The molecule has 0 saturated carbocycles. The summed E-state index contributed by atoms with van der Waals surface area (Å²) in [6, 6.07) is 1.86. The van der Waals surface area contributed by atoms with Gasteiger partial charge in [0.05, 0.1) is 31.6 Å². The first kappa shape index (κ1) is 21.5. The van der Waals surface area contributed by atoms with E-state index in [-0.39, 0.29) is 44.3 Å². The summed E-state index contributed by atoms with van der Waals surface area (Å²) in [7, 11) is 8.00. The van der Waals surface area contributed by atoms with E-state index in [0.717, 1.165) is 0 Å². The van der Waals surface area contributed by atoms with E-state index in [1.807, 2.05) is 6.92 Å². The Hall–Kier alpha value is -0.781. The molecule has 1 N–H and O–H groups in total. The van der Waals surface area contributed by atoms with Crippen LogP contribution in [0.5, 0.6) is 6.01 Å². The van der Waals surface area contributed by atoms with E-state index in [1.165, 1.54) is 13.0 Å². The third-order valence-electron chi connectivity index (χ3n) is 1.77. The van der Waals surface area contributed by atoms with Crippen molar-refractivity contribution in [1.82, 2.24) is 15.0 Å². The van der Waals surface area contributed by atoms with Crippen molar-refractivity contribution in [2.24, 2.45) is 0 Å². The first-order valence-electron chi connectivity index (χ1n) is 5.75. The normalized spacial score (nSPS) is 8.40. The molecule has 105 valence electrons. The predicted molar refractivity (Wildman–Crippen MR) is 78.2 cm³/mol. The van der Waals surface area contributed by atoms with Crippen molar-refractivity contribution in [2.75, 3.05) is 20.7 Å². The van der Waals surface area contributed by atoms with Crippen LogP contribution >= 0.6 is 0 Å². The van der Waals surface area contributed by atoms with Crippen LogP contribution in [0.3, 0.4) is 0 Å². The zero-order chi connectivity index (χ0) is 14.7. The predicted octanol–water partition coefficient (Wildman–Crippen LogP) is 1.54. The molecule has 0 aliphatic rings. The summed E-state index contributed by atoms with van der Waals surface area (Å²) in [5.41, 5.74) is 0.334. The molecule has 8 heteroatoms. The molecule has 0 aliphatic heterocycles. The molecular formula is C12H18BN4O2Y-. The monoisotopic (exact) mass is 350 g/mol. The van der Waals surface area contributed by atoms with Gasteiger partial charge in [0.15, 0.2) is 0 Å². The molecule has 20 heavy (non-hydrogen) atoms. The number of hydrogen-bond acceptors (Lipinski definition) is 4. The number of hydrogen-bond donors (Lipinski definition) is 1. The Kier molecular flexibility index (Phi) is 14.2. The van der Waals surface area contributed by atoms with Crippen molar-refractivity contribution in [3.05, 3.63) is 34.1 Å². The number of nitrogens with zero attached hydrogens (tertiary/aromatic N) is 3. The Morgan fingerprint density at radius 1 is 1.40 bits per heavy atom. The third-order valence-corrected chi connectivity index (χ3v) is 1.77. The molecule has 0 unspecified atom stereocenters. The van der Waals surface area contributed by atoms with Crippen molar-refractivity contribution in [1.29, 1.82) is 0 Å². The fourth-order valence-electron chi connectivity index (χ4n) is 1.17. The van der Waals surface area contributed by atoms with Gasteiger partial charge in [-0.25, -0.2) is 0 Å². The molecule has 0 bridgehead atoms. The van der Waals surface area contributed by atoms with E-state index in [9.17, 15) is 4.79 Å². The van der Waals surface area contributed by atoms with Crippen LogP contribution in [0.1, 0.15) is 6.92 Å². The first-order valence-corrected chi connectivity index (χ1v) is 5.75. The Morgan fingerprint density at radius 2 is 2.00 bits per heavy atom. The fourth-order valence-corrected chi connectivity index (χ4v) is 1.17. The quantitative estimate of drug-likeness (QED) is 0.833. The van der Waals surface area contributed by atoms with Gasteiger partial charge in [-0.15, -0.1) is 0 Å². The van der Waals surface area contributed by atoms with Crippen molar-refractivity contribution in [3.63, 3.8) is 0 Å². The molecule has 0 spiro atoms. The minimum Gasteiger partial charge on any atom is -0.668 e. The molecule has 6 nitrogen and oxygen atoms in total. The van der Waals surface area contributed by atoms with Crippen LogP contribution in [-0.4, -0.2) is 43.5 Å². The van der Waals surface area contributed by atoms with E-state index in [0.29, 0.717) is 17.5 Å². The average Bonchev–Trinajstić information content (AvgIpc) is 2.42. The number of fused-ring (bicyclic) bond motifs is 1. The van der Waals surface area contributed by atoms with Gasteiger partial charge < -0.3 is 10.1 Å². The van der Waals surface area contributed by atoms with Crippen molar-refractivity contribution in [2.45, 2.75) is 13.7 Å². The molecule has 0 amide bonds. The molecule has 2 rings (SSSR count). The van der Waals surface area contributed by atoms with Gasteiger partial charge in [0.2, 0.25) is 0 Å². The maximum absolute atomic E-state index is 11.5. The van der Waals surface area contributed by atoms with Crippen molar-refractivity contribution < 1.29 is 37.4 Å². The van der Waals surface area contributed by atoms with Gasteiger partial charge in [-0.3, -0.25) is 14.8 Å². The maximum Gasteiger partial charge on any atom is 0.297 e. The van der Waals surface area contributed by atoms with Crippen LogP contribution in [-0.2, 0) is 32.7 Å². The van der Waals surface area contributed by atoms with Crippen LogP contribution in [0, 0.1) is 0 Å². The number of aromatic amines is 1.